The van der Waals surface area contributed by atoms with Gasteiger partial charge in [-0.05, 0) is 36.6 Å². The minimum absolute atomic E-state index is 0.0452. The highest BCUT2D eigenvalue weighted by Gasteiger charge is 2.43. The van der Waals surface area contributed by atoms with Crippen molar-refractivity contribution in [1.82, 2.24) is 9.21 Å². The fourth-order valence-electron chi connectivity index (χ4n) is 3.32. The Labute approximate surface area is 134 Å². The number of carbonyl (C=O) groups is 2. The summed E-state index contributed by atoms with van der Waals surface area (Å²) in [4.78, 5) is 24.3. The van der Waals surface area contributed by atoms with Crippen LogP contribution in [0, 0.1) is 5.92 Å². The van der Waals surface area contributed by atoms with E-state index in [1.165, 1.54) is 28.6 Å². The van der Waals surface area contributed by atoms with Crippen LogP contribution in [0.3, 0.4) is 0 Å². The Kier molecular flexibility index (Phi) is 3.89. The first-order chi connectivity index (χ1) is 10.8. The summed E-state index contributed by atoms with van der Waals surface area (Å²) in [6.07, 6.45) is 1.15. The van der Waals surface area contributed by atoms with Gasteiger partial charge in [0.05, 0.1) is 10.5 Å². The number of aromatic carboxylic acids is 1. The Hall–Kier alpha value is -1.93. The van der Waals surface area contributed by atoms with Crippen LogP contribution in [0.1, 0.15) is 23.2 Å². The van der Waals surface area contributed by atoms with Crippen LogP contribution in [0.15, 0.2) is 29.2 Å². The van der Waals surface area contributed by atoms with Crippen molar-refractivity contribution in [3.63, 3.8) is 0 Å². The number of benzene rings is 1. The van der Waals surface area contributed by atoms with Gasteiger partial charge in [0.1, 0.15) is 0 Å². The van der Waals surface area contributed by atoms with E-state index in [0.717, 1.165) is 0 Å². The molecule has 2 aliphatic heterocycles. The lowest BCUT2D eigenvalue weighted by Gasteiger charge is -2.36. The number of carboxylic acid groups (broad SMARTS) is 1. The molecule has 124 valence electrons. The van der Waals surface area contributed by atoms with Gasteiger partial charge < -0.3 is 10.0 Å². The maximum atomic E-state index is 12.7. The first-order valence-electron chi connectivity index (χ1n) is 7.40. The smallest absolute Gasteiger partial charge is 0.335 e. The lowest BCUT2D eigenvalue weighted by molar-refractivity contribution is -0.127. The van der Waals surface area contributed by atoms with E-state index in [-0.39, 0.29) is 34.9 Å². The molecular formula is C15H18N2O5S. The monoisotopic (exact) mass is 338 g/mol. The third kappa shape index (κ3) is 2.72. The van der Waals surface area contributed by atoms with Crippen molar-refractivity contribution < 1.29 is 23.1 Å². The highest BCUT2D eigenvalue weighted by molar-refractivity contribution is 7.89. The Morgan fingerprint density at radius 3 is 2.52 bits per heavy atom. The van der Waals surface area contributed by atoms with Crippen molar-refractivity contribution in [1.29, 1.82) is 0 Å². The number of nitrogens with zero attached hydrogens (tertiary/aromatic N) is 2. The quantitative estimate of drug-likeness (QED) is 0.872. The van der Waals surface area contributed by atoms with Crippen LogP contribution in [-0.2, 0) is 14.8 Å². The van der Waals surface area contributed by atoms with Crippen LogP contribution < -0.4 is 0 Å². The van der Waals surface area contributed by atoms with E-state index in [9.17, 15) is 18.0 Å². The van der Waals surface area contributed by atoms with Crippen LogP contribution in [0.2, 0.25) is 0 Å². The Bertz CT molecular complexity index is 744. The van der Waals surface area contributed by atoms with E-state index >= 15 is 0 Å². The number of amides is 1. The highest BCUT2D eigenvalue weighted by Crippen LogP contribution is 2.33. The molecule has 1 amide bonds. The molecule has 2 saturated heterocycles. The van der Waals surface area contributed by atoms with Crippen LogP contribution in [0.5, 0.6) is 0 Å². The minimum Gasteiger partial charge on any atom is -0.478 e. The first-order valence-corrected chi connectivity index (χ1v) is 8.84. The van der Waals surface area contributed by atoms with E-state index in [0.29, 0.717) is 19.4 Å². The summed E-state index contributed by atoms with van der Waals surface area (Å²) < 4.78 is 26.8. The van der Waals surface area contributed by atoms with Gasteiger partial charge in [-0.1, -0.05) is 0 Å². The maximum Gasteiger partial charge on any atom is 0.335 e. The van der Waals surface area contributed by atoms with Gasteiger partial charge in [0.25, 0.3) is 0 Å². The maximum absolute atomic E-state index is 12.7. The lowest BCUT2D eigenvalue weighted by atomic mass is 9.93. The van der Waals surface area contributed by atoms with Crippen LogP contribution >= 0.6 is 0 Å². The highest BCUT2D eigenvalue weighted by atomic mass is 32.2. The standard InChI is InChI=1S/C15H18N2O5S/c1-16-13-9-17(7-6-11(13)8-14(16)18)23(21,22)12-4-2-10(3-5-12)15(19)20/h2-5,11,13H,6-9H2,1H3,(H,19,20)/t11-,13-/m1/s1. The van der Waals surface area contributed by atoms with Gasteiger partial charge in [0, 0.05) is 32.6 Å². The van der Waals surface area contributed by atoms with Crippen LogP contribution in [0.4, 0.5) is 0 Å². The molecule has 2 fully saturated rings. The summed E-state index contributed by atoms with van der Waals surface area (Å²) >= 11 is 0. The molecule has 7 nitrogen and oxygen atoms in total. The minimum atomic E-state index is -3.68. The number of carbonyl (C=O) groups excluding carboxylic acids is 1. The molecule has 0 saturated carbocycles. The zero-order valence-corrected chi connectivity index (χ0v) is 13.5. The number of likely N-dealkylation sites (N-methyl/N-ethyl adjacent to an activating group) is 1. The summed E-state index contributed by atoms with van der Waals surface area (Å²) in [5.41, 5.74) is 0.0452. The normalized spacial score (nSPS) is 25.4. The van der Waals surface area contributed by atoms with Gasteiger partial charge in [0.2, 0.25) is 15.9 Å². The number of piperidine rings is 1. The fourth-order valence-corrected chi connectivity index (χ4v) is 4.79. The number of hydrogen-bond donors (Lipinski definition) is 1. The zero-order chi connectivity index (χ0) is 16.8. The van der Waals surface area contributed by atoms with E-state index in [1.807, 2.05) is 0 Å². The molecule has 0 aliphatic carbocycles. The number of fused-ring (bicyclic) bond motifs is 1. The molecule has 2 aliphatic rings. The molecule has 0 aromatic heterocycles. The predicted octanol–water partition coefficient (Wildman–Crippen LogP) is 0.626. The molecule has 0 bridgehead atoms. The summed E-state index contributed by atoms with van der Waals surface area (Å²) in [6, 6.07) is 5.12. The second-order valence-electron chi connectivity index (χ2n) is 6.02. The van der Waals surface area contributed by atoms with Gasteiger partial charge in [-0.2, -0.15) is 4.31 Å². The molecular weight excluding hydrogens is 320 g/mol. The third-order valence-electron chi connectivity index (χ3n) is 4.75. The van der Waals surface area contributed by atoms with E-state index < -0.39 is 16.0 Å². The van der Waals surface area contributed by atoms with Gasteiger partial charge in [-0.3, -0.25) is 4.79 Å². The molecule has 23 heavy (non-hydrogen) atoms. The van der Waals surface area contributed by atoms with E-state index in [4.69, 9.17) is 5.11 Å². The third-order valence-corrected chi connectivity index (χ3v) is 6.63. The number of carboxylic acids is 1. The van der Waals surface area contributed by atoms with Gasteiger partial charge in [-0.15, -0.1) is 0 Å². The second kappa shape index (κ2) is 5.61. The Balaban J connectivity index is 1.83. The van der Waals surface area contributed by atoms with Crippen LogP contribution in [-0.4, -0.2) is 60.8 Å². The molecule has 1 aromatic rings. The van der Waals surface area contributed by atoms with Gasteiger partial charge >= 0.3 is 5.97 Å². The van der Waals surface area contributed by atoms with Crippen molar-refractivity contribution in [3.8, 4) is 0 Å². The van der Waals surface area contributed by atoms with Crippen molar-refractivity contribution >= 4 is 21.9 Å². The van der Waals surface area contributed by atoms with E-state index in [2.05, 4.69) is 0 Å². The molecule has 0 radical (unpaired) electrons. The predicted molar refractivity (Wildman–Crippen MR) is 81.4 cm³/mol. The second-order valence-corrected chi connectivity index (χ2v) is 7.96. The molecule has 1 N–H and O–H groups in total. The van der Waals surface area contributed by atoms with Gasteiger partial charge in [0.15, 0.2) is 0 Å². The summed E-state index contributed by atoms with van der Waals surface area (Å²) in [5, 5.41) is 8.89. The molecule has 0 unspecified atom stereocenters. The average Bonchev–Trinajstić information content (AvgIpc) is 2.82. The average molecular weight is 338 g/mol. The molecule has 1 aromatic carbocycles. The number of hydrogen-bond acceptors (Lipinski definition) is 4. The van der Waals surface area contributed by atoms with Crippen LogP contribution in [0.25, 0.3) is 0 Å². The molecule has 0 spiro atoms. The summed E-state index contributed by atoms with van der Waals surface area (Å²) in [7, 11) is -1.97. The first kappa shape index (κ1) is 15.9. The molecule has 3 rings (SSSR count). The van der Waals surface area contributed by atoms with E-state index in [1.54, 1.807) is 11.9 Å². The van der Waals surface area contributed by atoms with Crippen molar-refractivity contribution in [3.05, 3.63) is 29.8 Å². The van der Waals surface area contributed by atoms with Gasteiger partial charge in [-0.25, -0.2) is 13.2 Å². The van der Waals surface area contributed by atoms with Crippen molar-refractivity contribution in [2.75, 3.05) is 20.1 Å². The summed E-state index contributed by atoms with van der Waals surface area (Å²) in [6.45, 7) is 0.668. The van der Waals surface area contributed by atoms with Crippen molar-refractivity contribution in [2.24, 2.45) is 5.92 Å². The lowest BCUT2D eigenvalue weighted by Crippen LogP contribution is -2.49. The summed E-state index contributed by atoms with van der Waals surface area (Å²) in [5.74, 6) is -0.820. The number of sulfonamides is 1. The number of rotatable bonds is 3. The number of likely N-dealkylation sites (tertiary alicyclic amines) is 1. The zero-order valence-electron chi connectivity index (χ0n) is 12.7. The fraction of sp³-hybridized carbons (Fsp3) is 0.467. The SMILES string of the molecule is CN1C(=O)C[C@H]2CCN(S(=O)(=O)c3ccc(C(=O)O)cc3)C[C@H]21. The Morgan fingerprint density at radius 2 is 1.91 bits per heavy atom. The Morgan fingerprint density at radius 1 is 1.26 bits per heavy atom. The van der Waals surface area contributed by atoms with Crippen molar-refractivity contribution in [2.45, 2.75) is 23.8 Å². The topological polar surface area (TPSA) is 95.0 Å². The molecule has 8 heteroatoms. The molecule has 2 atom stereocenters. The molecule has 2 heterocycles. The largest absolute Gasteiger partial charge is 0.478 e.